The summed E-state index contributed by atoms with van der Waals surface area (Å²) in [5, 5.41) is -4.68. The van der Waals surface area contributed by atoms with Crippen LogP contribution in [0.15, 0.2) is 0 Å². The Hall–Kier alpha value is -0.880. The Kier molecular flexibility index (Phi) is 8.32. The second-order valence-electron chi connectivity index (χ2n) is 13.4. The minimum Gasteiger partial charge on any atom is -0.466 e. The molecule has 214 valence electrons. The third-order valence-electron chi connectivity index (χ3n) is 11.3. The van der Waals surface area contributed by atoms with Gasteiger partial charge < -0.3 is 4.74 Å². The Labute approximate surface area is 233 Å². The molecule has 38 heavy (non-hydrogen) atoms. The lowest BCUT2D eigenvalue weighted by Gasteiger charge is -2.58. The molecule has 4 rings (SSSR count). The summed E-state index contributed by atoms with van der Waals surface area (Å²) in [4.78, 5) is 51.9. The summed E-state index contributed by atoms with van der Waals surface area (Å²) < 4.78 is 32.3. The van der Waals surface area contributed by atoms with E-state index in [2.05, 4.69) is 35.7 Å². The molecule has 0 spiro atoms. The van der Waals surface area contributed by atoms with Gasteiger partial charge in [-0.3, -0.25) is 19.2 Å². The van der Waals surface area contributed by atoms with Crippen molar-refractivity contribution in [1.82, 2.24) is 0 Å². The van der Waals surface area contributed by atoms with Crippen LogP contribution >= 0.6 is 21.9 Å². The quantitative estimate of drug-likeness (QED) is 0.217. The molecule has 0 saturated heterocycles. The van der Waals surface area contributed by atoms with Crippen molar-refractivity contribution in [2.45, 2.75) is 102 Å². The number of alkyl halides is 2. The highest BCUT2D eigenvalue weighted by molar-refractivity contribution is 7.81. The Morgan fingerprint density at radius 2 is 1.84 bits per heavy atom. The van der Waals surface area contributed by atoms with E-state index >= 15 is 0 Å². The molecule has 9 heteroatoms. The number of esters is 1. The van der Waals surface area contributed by atoms with Crippen LogP contribution in [0.5, 0.6) is 0 Å². The third kappa shape index (κ3) is 5.15. The summed E-state index contributed by atoms with van der Waals surface area (Å²) >= 11 is 3.34. The number of ketones is 3. The van der Waals surface area contributed by atoms with Gasteiger partial charge in [-0.2, -0.15) is 8.78 Å². The highest BCUT2D eigenvalue weighted by atomic mass is 32.1. The number of hydrogen-bond acceptors (Lipinski definition) is 6. The SMILES string of the molecule is C[C@H](CCC(=O)OCCC(C)(P)C(F)(F)S)C1CCC2[C@@H]3C(=O)CC4CC(=O)CC[C@]4(C)C3CC(=O)[C@@]21C. The average Bonchev–Trinajstić information content (AvgIpc) is 3.17. The van der Waals surface area contributed by atoms with Crippen molar-refractivity contribution in [3.8, 4) is 0 Å². The minimum atomic E-state index is -3.20. The molecule has 6 unspecified atom stereocenters. The fraction of sp³-hybridized carbons (Fsp3) is 0.862. The molecule has 0 aromatic heterocycles. The van der Waals surface area contributed by atoms with E-state index in [1.54, 1.807) is 0 Å². The number of carbonyl (C=O) groups excluding carboxylic acids is 4. The summed E-state index contributed by atoms with van der Waals surface area (Å²) in [6.07, 6.45) is 4.99. The molecule has 0 aromatic rings. The van der Waals surface area contributed by atoms with Gasteiger partial charge in [0.05, 0.1) is 11.8 Å². The molecule has 4 saturated carbocycles. The number of thiol groups is 1. The lowest BCUT2D eigenvalue weighted by molar-refractivity contribution is -0.166. The molecule has 4 aliphatic rings. The third-order valence-corrected chi connectivity index (χ3v) is 12.7. The molecule has 0 heterocycles. The molecule has 0 aromatic carbocycles. The Morgan fingerprint density at radius 3 is 2.50 bits per heavy atom. The van der Waals surface area contributed by atoms with Gasteiger partial charge in [-0.1, -0.05) is 20.8 Å². The average molecular weight is 573 g/mol. The summed E-state index contributed by atoms with van der Waals surface area (Å²) in [7, 11) is 2.09. The molecule has 0 N–H and O–H groups in total. The molecule has 0 bridgehead atoms. The van der Waals surface area contributed by atoms with E-state index in [4.69, 9.17) is 4.74 Å². The Bertz CT molecular complexity index is 996. The van der Waals surface area contributed by atoms with E-state index < -0.39 is 21.8 Å². The number of hydrogen-bond donors (Lipinski definition) is 1. The summed E-state index contributed by atoms with van der Waals surface area (Å²) in [5.41, 5.74) is -0.728. The van der Waals surface area contributed by atoms with Gasteiger partial charge in [0, 0.05) is 43.4 Å². The molecule has 0 radical (unpaired) electrons. The zero-order valence-corrected chi connectivity index (χ0v) is 25.1. The lowest BCUT2D eigenvalue weighted by Crippen LogP contribution is -2.60. The topological polar surface area (TPSA) is 77.5 Å². The van der Waals surface area contributed by atoms with Crippen LogP contribution in [-0.2, 0) is 23.9 Å². The second kappa shape index (κ2) is 10.5. The molecule has 4 fully saturated rings. The van der Waals surface area contributed by atoms with Gasteiger partial charge in [0.15, 0.2) is 0 Å². The number of halogens is 2. The molecular formula is C29H43F2O5PS. The van der Waals surface area contributed by atoms with Crippen molar-refractivity contribution in [2.24, 2.45) is 46.3 Å². The normalized spacial score (nSPS) is 39.6. The van der Waals surface area contributed by atoms with Gasteiger partial charge in [-0.05, 0) is 74.0 Å². The van der Waals surface area contributed by atoms with Crippen molar-refractivity contribution < 1.29 is 32.7 Å². The fourth-order valence-electron chi connectivity index (χ4n) is 8.54. The number of carbonyl (C=O) groups is 4. The van der Waals surface area contributed by atoms with Crippen LogP contribution in [0.4, 0.5) is 8.78 Å². The number of fused-ring (bicyclic) bond motifs is 5. The highest BCUT2D eigenvalue weighted by Crippen LogP contribution is 2.66. The first-order valence-corrected chi connectivity index (χ1v) is 15.2. The number of ether oxygens (including phenoxy) is 1. The van der Waals surface area contributed by atoms with Crippen molar-refractivity contribution in [3.63, 3.8) is 0 Å². The smallest absolute Gasteiger partial charge is 0.305 e. The van der Waals surface area contributed by atoms with Gasteiger partial charge in [-0.15, -0.1) is 21.9 Å². The monoisotopic (exact) mass is 572 g/mol. The Morgan fingerprint density at radius 1 is 1.16 bits per heavy atom. The second-order valence-corrected chi connectivity index (χ2v) is 15.2. The first kappa shape index (κ1) is 30.1. The fourth-order valence-corrected chi connectivity index (χ4v) is 8.77. The lowest BCUT2D eigenvalue weighted by atomic mass is 9.44. The first-order chi connectivity index (χ1) is 17.5. The maximum absolute atomic E-state index is 13.9. The molecule has 4 aliphatic carbocycles. The van der Waals surface area contributed by atoms with Crippen molar-refractivity contribution in [3.05, 3.63) is 0 Å². The predicted octanol–water partition coefficient (Wildman–Crippen LogP) is 6.08. The van der Waals surface area contributed by atoms with Gasteiger partial charge >= 0.3 is 5.97 Å². The zero-order valence-electron chi connectivity index (χ0n) is 23.1. The maximum atomic E-state index is 13.9. The number of Topliss-reactive ketones (excluding diaryl/α,β-unsaturated/α-hetero) is 3. The van der Waals surface area contributed by atoms with Crippen LogP contribution in [-0.4, -0.2) is 40.3 Å². The van der Waals surface area contributed by atoms with E-state index in [0.717, 1.165) is 19.3 Å². The van der Waals surface area contributed by atoms with E-state index in [-0.39, 0.29) is 77.7 Å². The van der Waals surface area contributed by atoms with Crippen LogP contribution < -0.4 is 0 Å². The van der Waals surface area contributed by atoms with Crippen LogP contribution in [0.1, 0.15) is 91.9 Å². The standard InChI is InChI=1S/C29H43F2O5PS/c1-16(5-8-24(35)36-12-11-27(3,37)29(30,31)38)19-6-7-20-25-21(15-23(34)28(19,20)4)26(2)10-9-18(32)13-17(26)14-22(25)33/h16-17,19-21,25,38H,5-15,37H2,1-4H3/t16-,17?,19?,20?,21?,25+,26+,27?,28-/m1/s1. The van der Waals surface area contributed by atoms with Crippen LogP contribution in [0, 0.1) is 46.3 Å². The molecule has 5 nitrogen and oxygen atoms in total. The van der Waals surface area contributed by atoms with E-state index in [0.29, 0.717) is 32.1 Å². The predicted molar refractivity (Wildman–Crippen MR) is 147 cm³/mol. The van der Waals surface area contributed by atoms with Gasteiger partial charge in [0.1, 0.15) is 17.3 Å². The zero-order chi connectivity index (χ0) is 28.3. The largest absolute Gasteiger partial charge is 0.466 e. The number of rotatable bonds is 8. The molecule has 10 atom stereocenters. The van der Waals surface area contributed by atoms with E-state index in [1.165, 1.54) is 6.92 Å². The minimum absolute atomic E-state index is 0.0127. The molecular weight excluding hydrogens is 529 g/mol. The van der Waals surface area contributed by atoms with Crippen LogP contribution in [0.3, 0.4) is 0 Å². The van der Waals surface area contributed by atoms with Crippen LogP contribution in [0.2, 0.25) is 0 Å². The van der Waals surface area contributed by atoms with E-state index in [9.17, 15) is 28.0 Å². The highest BCUT2D eigenvalue weighted by Gasteiger charge is 2.66. The van der Waals surface area contributed by atoms with Gasteiger partial charge in [-0.25, -0.2) is 0 Å². The van der Waals surface area contributed by atoms with Crippen molar-refractivity contribution in [1.29, 1.82) is 0 Å². The molecule has 0 aliphatic heterocycles. The van der Waals surface area contributed by atoms with Crippen molar-refractivity contribution >= 4 is 45.2 Å². The van der Waals surface area contributed by atoms with Crippen LogP contribution in [0.25, 0.3) is 0 Å². The summed E-state index contributed by atoms with van der Waals surface area (Å²) in [5.74, 6) is 0.409. The maximum Gasteiger partial charge on any atom is 0.305 e. The first-order valence-electron chi connectivity index (χ1n) is 14.1. The molecule has 0 amide bonds. The Balaban J connectivity index is 1.39. The van der Waals surface area contributed by atoms with Crippen molar-refractivity contribution in [2.75, 3.05) is 6.61 Å². The van der Waals surface area contributed by atoms with Gasteiger partial charge in [0.2, 0.25) is 0 Å². The van der Waals surface area contributed by atoms with Gasteiger partial charge in [0.25, 0.3) is 5.25 Å². The summed E-state index contributed by atoms with van der Waals surface area (Å²) in [6, 6.07) is 0. The summed E-state index contributed by atoms with van der Waals surface area (Å²) in [6.45, 7) is 7.57. The van der Waals surface area contributed by atoms with E-state index in [1.807, 2.05) is 6.92 Å².